The molecule has 1 aromatic carbocycles. The smallest absolute Gasteiger partial charge is 0.352 e. The average molecular weight is 251 g/mol. The summed E-state index contributed by atoms with van der Waals surface area (Å²) in [4.78, 5) is 2.47. The highest BCUT2D eigenvalue weighted by molar-refractivity contribution is 6.67. The first-order valence-corrected chi connectivity index (χ1v) is 8.47. The van der Waals surface area contributed by atoms with Crippen LogP contribution in [0.5, 0.6) is 0 Å². The molecular formula is C13H21NO2Si. The minimum absolute atomic E-state index is 0.484. The van der Waals surface area contributed by atoms with Gasteiger partial charge in [0.25, 0.3) is 0 Å². The van der Waals surface area contributed by atoms with E-state index in [4.69, 9.17) is 8.85 Å². The minimum Gasteiger partial charge on any atom is -0.397 e. The monoisotopic (exact) mass is 251 g/mol. The standard InChI is InChI=1S/C13H21NO2Si/c1-15-17(3,16-2)13-9-10-14(13)11-12-7-5-4-6-8-12/h4-8,13H,9-11H2,1-3H3. The van der Waals surface area contributed by atoms with E-state index in [0.717, 1.165) is 13.1 Å². The van der Waals surface area contributed by atoms with Gasteiger partial charge in [-0.3, -0.25) is 4.90 Å². The number of hydrogen-bond acceptors (Lipinski definition) is 3. The molecule has 0 aliphatic carbocycles. The number of nitrogens with zero attached hydrogens (tertiary/aromatic N) is 1. The van der Waals surface area contributed by atoms with Gasteiger partial charge < -0.3 is 8.85 Å². The molecule has 1 heterocycles. The van der Waals surface area contributed by atoms with Crippen molar-refractivity contribution in [1.29, 1.82) is 0 Å². The van der Waals surface area contributed by atoms with Crippen LogP contribution >= 0.6 is 0 Å². The second kappa shape index (κ2) is 5.31. The Morgan fingerprint density at radius 2 is 1.88 bits per heavy atom. The van der Waals surface area contributed by atoms with Gasteiger partial charge in [-0.15, -0.1) is 0 Å². The predicted octanol–water partition coefficient (Wildman–Crippen LogP) is 2.16. The van der Waals surface area contributed by atoms with Crippen LogP contribution in [0, 0.1) is 0 Å². The van der Waals surface area contributed by atoms with Crippen LogP contribution in [0.25, 0.3) is 0 Å². The van der Waals surface area contributed by atoms with E-state index < -0.39 is 8.56 Å². The van der Waals surface area contributed by atoms with Gasteiger partial charge >= 0.3 is 8.56 Å². The van der Waals surface area contributed by atoms with Gasteiger partial charge in [0.1, 0.15) is 0 Å². The molecule has 1 atom stereocenters. The topological polar surface area (TPSA) is 21.7 Å². The van der Waals surface area contributed by atoms with Crippen LogP contribution in [0.3, 0.4) is 0 Å². The Kier molecular flexibility index (Phi) is 3.99. The number of rotatable bonds is 5. The molecule has 2 rings (SSSR count). The third-order valence-electron chi connectivity index (χ3n) is 3.77. The maximum atomic E-state index is 5.63. The Bertz CT molecular complexity index is 354. The fourth-order valence-electron chi connectivity index (χ4n) is 2.40. The van der Waals surface area contributed by atoms with E-state index >= 15 is 0 Å². The molecule has 0 amide bonds. The Balaban J connectivity index is 2.00. The maximum Gasteiger partial charge on any atom is 0.352 e. The molecule has 0 spiro atoms. The molecule has 17 heavy (non-hydrogen) atoms. The second-order valence-corrected chi connectivity index (χ2v) is 8.20. The largest absolute Gasteiger partial charge is 0.397 e. The molecule has 1 unspecified atom stereocenters. The predicted molar refractivity (Wildman–Crippen MR) is 70.9 cm³/mol. The zero-order valence-corrected chi connectivity index (χ0v) is 11.8. The van der Waals surface area contributed by atoms with Crippen LogP contribution in [-0.4, -0.2) is 39.9 Å². The summed E-state index contributed by atoms with van der Waals surface area (Å²) in [6, 6.07) is 10.6. The van der Waals surface area contributed by atoms with Crippen LogP contribution in [0.2, 0.25) is 6.55 Å². The van der Waals surface area contributed by atoms with E-state index in [9.17, 15) is 0 Å². The van der Waals surface area contributed by atoms with Gasteiger partial charge in [-0.2, -0.15) is 0 Å². The van der Waals surface area contributed by atoms with Crippen LogP contribution < -0.4 is 0 Å². The van der Waals surface area contributed by atoms with E-state index in [1.165, 1.54) is 12.0 Å². The Morgan fingerprint density at radius 1 is 1.24 bits per heavy atom. The Labute approximate surface area is 105 Å². The van der Waals surface area contributed by atoms with Gasteiger partial charge in [0.15, 0.2) is 0 Å². The van der Waals surface area contributed by atoms with Crippen molar-refractivity contribution in [1.82, 2.24) is 4.90 Å². The zero-order valence-electron chi connectivity index (χ0n) is 10.8. The van der Waals surface area contributed by atoms with Gasteiger partial charge in [0.05, 0.1) is 5.67 Å². The van der Waals surface area contributed by atoms with E-state index in [2.05, 4.69) is 41.8 Å². The van der Waals surface area contributed by atoms with Crippen molar-refractivity contribution in [2.45, 2.75) is 25.2 Å². The highest BCUT2D eigenvalue weighted by atomic mass is 28.4. The quantitative estimate of drug-likeness (QED) is 0.749. The molecule has 1 aliphatic rings. The van der Waals surface area contributed by atoms with E-state index in [0.29, 0.717) is 5.67 Å². The highest BCUT2D eigenvalue weighted by Crippen LogP contribution is 2.29. The van der Waals surface area contributed by atoms with Crippen molar-refractivity contribution < 1.29 is 8.85 Å². The molecule has 3 nitrogen and oxygen atoms in total. The third kappa shape index (κ3) is 2.60. The zero-order chi connectivity index (χ0) is 12.3. The first kappa shape index (κ1) is 12.8. The molecule has 1 aromatic rings. The summed E-state index contributed by atoms with van der Waals surface area (Å²) < 4.78 is 11.3. The molecule has 1 saturated heterocycles. The second-order valence-electron chi connectivity index (χ2n) is 4.68. The van der Waals surface area contributed by atoms with Crippen LogP contribution in [-0.2, 0) is 15.4 Å². The molecule has 0 radical (unpaired) electrons. The van der Waals surface area contributed by atoms with Crippen molar-refractivity contribution in [3.8, 4) is 0 Å². The van der Waals surface area contributed by atoms with Crippen LogP contribution in [0.1, 0.15) is 12.0 Å². The Morgan fingerprint density at radius 3 is 2.35 bits per heavy atom. The normalized spacial score (nSPS) is 21.2. The molecule has 1 aliphatic heterocycles. The summed E-state index contributed by atoms with van der Waals surface area (Å²) >= 11 is 0. The fraction of sp³-hybridized carbons (Fsp3) is 0.538. The van der Waals surface area contributed by atoms with Gasteiger partial charge in [-0.25, -0.2) is 0 Å². The van der Waals surface area contributed by atoms with E-state index in [1.54, 1.807) is 14.2 Å². The molecule has 0 bridgehead atoms. The lowest BCUT2D eigenvalue weighted by atomic mass is 10.1. The van der Waals surface area contributed by atoms with Crippen LogP contribution in [0.15, 0.2) is 30.3 Å². The minimum atomic E-state index is -2.00. The van der Waals surface area contributed by atoms with Gasteiger partial charge in [0.2, 0.25) is 0 Å². The summed E-state index contributed by atoms with van der Waals surface area (Å²) in [7, 11) is 1.54. The van der Waals surface area contributed by atoms with E-state index in [-0.39, 0.29) is 0 Å². The summed E-state index contributed by atoms with van der Waals surface area (Å²) in [5, 5.41) is 0. The lowest BCUT2D eigenvalue weighted by molar-refractivity contribution is 0.0837. The lowest BCUT2D eigenvalue weighted by Crippen LogP contribution is -2.64. The fourth-order valence-corrected chi connectivity index (χ4v) is 4.65. The van der Waals surface area contributed by atoms with Crippen molar-refractivity contribution in [2.24, 2.45) is 0 Å². The number of benzene rings is 1. The van der Waals surface area contributed by atoms with Crippen molar-refractivity contribution >= 4 is 8.56 Å². The highest BCUT2D eigenvalue weighted by Gasteiger charge is 2.47. The van der Waals surface area contributed by atoms with Crippen molar-refractivity contribution in [2.75, 3.05) is 20.8 Å². The van der Waals surface area contributed by atoms with E-state index in [1.807, 2.05) is 0 Å². The SMILES string of the molecule is CO[Si](C)(OC)C1CCN1Cc1ccccc1. The Hall–Kier alpha value is -0.683. The average Bonchev–Trinajstić information content (AvgIpc) is 2.35. The van der Waals surface area contributed by atoms with Gasteiger partial charge in [-0.05, 0) is 18.5 Å². The van der Waals surface area contributed by atoms with Crippen LogP contribution in [0.4, 0.5) is 0 Å². The summed E-state index contributed by atoms with van der Waals surface area (Å²) in [5.41, 5.74) is 1.85. The maximum absolute atomic E-state index is 5.63. The molecule has 0 saturated carbocycles. The molecule has 0 N–H and O–H groups in total. The molecule has 0 aromatic heterocycles. The first-order chi connectivity index (χ1) is 8.19. The van der Waals surface area contributed by atoms with Gasteiger partial charge in [0, 0.05) is 27.3 Å². The van der Waals surface area contributed by atoms with Crippen molar-refractivity contribution in [3.63, 3.8) is 0 Å². The molecule has 4 heteroatoms. The molecule has 1 fully saturated rings. The summed E-state index contributed by atoms with van der Waals surface area (Å²) in [6.45, 7) is 4.30. The molecule has 94 valence electrons. The van der Waals surface area contributed by atoms with Crippen molar-refractivity contribution in [3.05, 3.63) is 35.9 Å². The molecular weight excluding hydrogens is 230 g/mol. The third-order valence-corrected chi connectivity index (χ3v) is 7.26. The number of likely N-dealkylation sites (tertiary alicyclic amines) is 1. The van der Waals surface area contributed by atoms with Gasteiger partial charge in [-0.1, -0.05) is 30.3 Å². The number of hydrogen-bond donors (Lipinski definition) is 0. The lowest BCUT2D eigenvalue weighted by Gasteiger charge is -2.47. The summed E-state index contributed by atoms with van der Waals surface area (Å²) in [5.74, 6) is 0. The summed E-state index contributed by atoms with van der Waals surface area (Å²) in [6.07, 6.45) is 1.19. The first-order valence-electron chi connectivity index (χ1n) is 6.08.